The second kappa shape index (κ2) is 11.0. The predicted octanol–water partition coefficient (Wildman–Crippen LogP) is 1.83. The van der Waals surface area contributed by atoms with Crippen LogP contribution in [0.5, 0.6) is 0 Å². The number of nitrogens with one attached hydrogen (secondary N) is 2. The summed E-state index contributed by atoms with van der Waals surface area (Å²) >= 11 is 0. The highest BCUT2D eigenvalue weighted by Gasteiger charge is 2.20. The molecule has 1 unspecified atom stereocenters. The molecule has 24 heavy (non-hydrogen) atoms. The first-order valence-electron chi connectivity index (χ1n) is 8.36. The lowest BCUT2D eigenvalue weighted by atomic mass is 10.3. The number of benzene rings is 1. The zero-order valence-corrected chi connectivity index (χ0v) is 15.6. The Morgan fingerprint density at radius 1 is 1.25 bits per heavy atom. The van der Waals surface area contributed by atoms with Gasteiger partial charge in [-0.15, -0.1) is 0 Å². The lowest BCUT2D eigenvalue weighted by Crippen LogP contribution is -2.46. The largest absolute Gasteiger partial charge is 0.382 e. The van der Waals surface area contributed by atoms with Gasteiger partial charge < -0.3 is 15.4 Å². The van der Waals surface area contributed by atoms with Crippen LogP contribution in [0.25, 0.3) is 0 Å². The third-order valence-corrected chi connectivity index (χ3v) is 5.37. The van der Waals surface area contributed by atoms with Crippen molar-refractivity contribution in [2.45, 2.75) is 37.6 Å². The van der Waals surface area contributed by atoms with Crippen LogP contribution in [0, 0.1) is 0 Å². The second-order valence-electron chi connectivity index (χ2n) is 5.39. The monoisotopic (exact) mass is 355 g/mol. The van der Waals surface area contributed by atoms with E-state index in [1.165, 1.54) is 0 Å². The number of hydrogen-bond donors (Lipinski definition) is 2. The first-order chi connectivity index (χ1) is 11.5. The smallest absolute Gasteiger partial charge is 0.191 e. The maximum absolute atomic E-state index is 12.5. The van der Waals surface area contributed by atoms with Crippen molar-refractivity contribution < 1.29 is 13.2 Å². The van der Waals surface area contributed by atoms with E-state index in [1.54, 1.807) is 31.3 Å². The molecule has 0 spiro atoms. The van der Waals surface area contributed by atoms with E-state index in [9.17, 15) is 8.42 Å². The molecule has 0 fully saturated rings. The quantitative estimate of drug-likeness (QED) is 0.380. The molecule has 0 aromatic heterocycles. The van der Waals surface area contributed by atoms with Crippen LogP contribution >= 0.6 is 0 Å². The predicted molar refractivity (Wildman–Crippen MR) is 98.2 cm³/mol. The van der Waals surface area contributed by atoms with Crippen molar-refractivity contribution in [1.82, 2.24) is 10.6 Å². The van der Waals surface area contributed by atoms with Gasteiger partial charge in [-0.3, -0.25) is 4.99 Å². The van der Waals surface area contributed by atoms with E-state index in [4.69, 9.17) is 4.74 Å². The van der Waals surface area contributed by atoms with Gasteiger partial charge in [-0.25, -0.2) is 8.42 Å². The van der Waals surface area contributed by atoms with E-state index in [2.05, 4.69) is 15.6 Å². The Kier molecular flexibility index (Phi) is 9.41. The molecule has 0 heterocycles. The van der Waals surface area contributed by atoms with Gasteiger partial charge in [-0.1, -0.05) is 25.1 Å². The van der Waals surface area contributed by atoms with Crippen LogP contribution in [0.4, 0.5) is 0 Å². The molecule has 2 N–H and O–H groups in total. The molecule has 6 nitrogen and oxygen atoms in total. The first kappa shape index (κ1) is 20.4. The summed E-state index contributed by atoms with van der Waals surface area (Å²) in [5, 5.41) is 6.37. The molecule has 0 radical (unpaired) electrons. The zero-order chi connectivity index (χ0) is 17.8. The Balaban J connectivity index is 2.56. The average Bonchev–Trinajstić information content (AvgIpc) is 2.60. The van der Waals surface area contributed by atoms with E-state index in [0.717, 1.165) is 13.0 Å². The summed E-state index contributed by atoms with van der Waals surface area (Å²) in [6, 6.07) is 8.34. The average molecular weight is 356 g/mol. The summed E-state index contributed by atoms with van der Waals surface area (Å²) in [5.41, 5.74) is 0. The van der Waals surface area contributed by atoms with Gasteiger partial charge in [0, 0.05) is 32.8 Å². The van der Waals surface area contributed by atoms with Gasteiger partial charge in [0.2, 0.25) is 0 Å². The van der Waals surface area contributed by atoms with E-state index in [0.29, 0.717) is 30.5 Å². The van der Waals surface area contributed by atoms with Crippen molar-refractivity contribution in [2.75, 3.05) is 32.6 Å². The van der Waals surface area contributed by atoms with Crippen molar-refractivity contribution >= 4 is 15.8 Å². The highest BCUT2D eigenvalue weighted by molar-refractivity contribution is 7.91. The van der Waals surface area contributed by atoms with E-state index < -0.39 is 9.84 Å². The standard InChI is InChI=1S/C17H29N3O3S/c1-4-15(14-24(21,22)16-10-7-6-8-11-16)20-17(18-3)19-12-9-13-23-5-2/h6-8,10-11,15H,4-5,9,12-14H2,1-3H3,(H2,18,19,20). The SMILES string of the molecule is CCOCCCNC(=NC)NC(CC)CS(=O)(=O)c1ccccc1. The molecule has 136 valence electrons. The minimum atomic E-state index is -3.32. The fraction of sp³-hybridized carbons (Fsp3) is 0.588. The molecule has 1 aromatic carbocycles. The van der Waals surface area contributed by atoms with Gasteiger partial charge in [-0.05, 0) is 31.9 Å². The number of ether oxygens (including phenoxy) is 1. The maximum atomic E-state index is 12.5. The fourth-order valence-corrected chi connectivity index (χ4v) is 3.78. The van der Waals surface area contributed by atoms with Gasteiger partial charge in [0.05, 0.1) is 10.6 Å². The normalized spacial score (nSPS) is 13.5. The lowest BCUT2D eigenvalue weighted by molar-refractivity contribution is 0.145. The van der Waals surface area contributed by atoms with Gasteiger partial charge in [0.15, 0.2) is 15.8 Å². The molecule has 0 saturated heterocycles. The number of sulfone groups is 1. The molecule has 7 heteroatoms. The van der Waals surface area contributed by atoms with Gasteiger partial charge in [0.25, 0.3) is 0 Å². The molecule has 0 aliphatic carbocycles. The van der Waals surface area contributed by atoms with Crippen molar-refractivity contribution in [3.8, 4) is 0 Å². The summed E-state index contributed by atoms with van der Waals surface area (Å²) in [7, 11) is -1.65. The molecule has 0 aliphatic rings. The molecule has 1 rings (SSSR count). The van der Waals surface area contributed by atoms with Crippen LogP contribution in [0.3, 0.4) is 0 Å². The summed E-state index contributed by atoms with van der Waals surface area (Å²) in [6.45, 7) is 6.05. The Morgan fingerprint density at radius 2 is 1.96 bits per heavy atom. The maximum Gasteiger partial charge on any atom is 0.191 e. The Bertz CT molecular complexity index is 588. The highest BCUT2D eigenvalue weighted by Crippen LogP contribution is 2.12. The van der Waals surface area contributed by atoms with Crippen molar-refractivity contribution in [3.63, 3.8) is 0 Å². The minimum absolute atomic E-state index is 0.0349. The number of guanidine groups is 1. The summed E-state index contributed by atoms with van der Waals surface area (Å²) in [5.74, 6) is 0.647. The Morgan fingerprint density at radius 3 is 2.54 bits per heavy atom. The number of aliphatic imine (C=N–C) groups is 1. The van der Waals surface area contributed by atoms with Gasteiger partial charge in [0.1, 0.15) is 0 Å². The van der Waals surface area contributed by atoms with Gasteiger partial charge >= 0.3 is 0 Å². The molecule has 1 atom stereocenters. The molecular weight excluding hydrogens is 326 g/mol. The van der Waals surface area contributed by atoms with Crippen LogP contribution < -0.4 is 10.6 Å². The molecule has 1 aromatic rings. The number of nitrogens with zero attached hydrogens (tertiary/aromatic N) is 1. The number of hydrogen-bond acceptors (Lipinski definition) is 4. The Hall–Kier alpha value is -1.60. The highest BCUT2D eigenvalue weighted by atomic mass is 32.2. The van der Waals surface area contributed by atoms with Crippen LogP contribution in [-0.2, 0) is 14.6 Å². The molecule has 0 amide bonds. The summed E-state index contributed by atoms with van der Waals surface area (Å²) < 4.78 is 30.3. The van der Waals surface area contributed by atoms with Crippen molar-refractivity contribution in [2.24, 2.45) is 4.99 Å². The Labute approximate surface area is 145 Å². The summed E-state index contributed by atoms with van der Waals surface area (Å²) in [6.07, 6.45) is 1.55. The van der Waals surface area contributed by atoms with Crippen LogP contribution in [0.1, 0.15) is 26.7 Å². The molecule has 0 saturated carbocycles. The van der Waals surface area contributed by atoms with E-state index in [-0.39, 0.29) is 11.8 Å². The third kappa shape index (κ3) is 7.31. The third-order valence-electron chi connectivity index (χ3n) is 3.54. The van der Waals surface area contributed by atoms with Crippen LogP contribution in [-0.4, -0.2) is 53.0 Å². The molecule has 0 bridgehead atoms. The van der Waals surface area contributed by atoms with E-state index >= 15 is 0 Å². The first-order valence-corrected chi connectivity index (χ1v) is 10.0. The van der Waals surface area contributed by atoms with Crippen LogP contribution in [0.15, 0.2) is 40.2 Å². The zero-order valence-electron chi connectivity index (χ0n) is 14.8. The van der Waals surface area contributed by atoms with Crippen LogP contribution in [0.2, 0.25) is 0 Å². The molecule has 0 aliphatic heterocycles. The van der Waals surface area contributed by atoms with Gasteiger partial charge in [-0.2, -0.15) is 0 Å². The number of rotatable bonds is 10. The molecular formula is C17H29N3O3S. The summed E-state index contributed by atoms with van der Waals surface area (Å²) in [4.78, 5) is 4.51. The lowest BCUT2D eigenvalue weighted by Gasteiger charge is -2.20. The van der Waals surface area contributed by atoms with Crippen molar-refractivity contribution in [1.29, 1.82) is 0 Å². The van der Waals surface area contributed by atoms with Crippen molar-refractivity contribution in [3.05, 3.63) is 30.3 Å². The second-order valence-corrected chi connectivity index (χ2v) is 7.43. The fourth-order valence-electron chi connectivity index (χ4n) is 2.16. The topological polar surface area (TPSA) is 79.8 Å². The van der Waals surface area contributed by atoms with E-state index in [1.807, 2.05) is 19.9 Å². The minimum Gasteiger partial charge on any atom is -0.382 e.